The van der Waals surface area contributed by atoms with Gasteiger partial charge in [0.1, 0.15) is 5.76 Å². The lowest BCUT2D eigenvalue weighted by atomic mass is 10.0. The Morgan fingerprint density at radius 3 is 2.39 bits per heavy atom. The van der Waals surface area contributed by atoms with Crippen molar-refractivity contribution in [3.8, 4) is 11.3 Å². The largest absolute Gasteiger partial charge is 0.478 e. The van der Waals surface area contributed by atoms with E-state index in [0.29, 0.717) is 12.1 Å². The molecule has 0 radical (unpaired) electrons. The number of carboxylic acids is 1. The van der Waals surface area contributed by atoms with E-state index >= 15 is 0 Å². The van der Waals surface area contributed by atoms with Crippen molar-refractivity contribution in [2.45, 2.75) is 32.2 Å². The van der Waals surface area contributed by atoms with Gasteiger partial charge in [0.15, 0.2) is 0 Å². The number of unbranched alkanes of at least 4 members (excludes halogenated alkanes) is 2. The summed E-state index contributed by atoms with van der Waals surface area (Å²) in [6, 6.07) is 19.3. The third-order valence-corrected chi connectivity index (χ3v) is 5.14. The van der Waals surface area contributed by atoms with Crippen molar-refractivity contribution in [3.63, 3.8) is 0 Å². The van der Waals surface area contributed by atoms with E-state index < -0.39 is 5.97 Å². The molecule has 31 heavy (non-hydrogen) atoms. The lowest BCUT2D eigenvalue weighted by Gasteiger charge is -2.19. The van der Waals surface area contributed by atoms with Crippen LogP contribution in [0.25, 0.3) is 11.3 Å². The third-order valence-electron chi connectivity index (χ3n) is 5.14. The van der Waals surface area contributed by atoms with Gasteiger partial charge in [0, 0.05) is 30.8 Å². The first kappa shape index (κ1) is 22.1. The summed E-state index contributed by atoms with van der Waals surface area (Å²) < 4.78 is 5.40. The lowest BCUT2D eigenvalue weighted by Crippen LogP contribution is -2.26. The molecule has 0 unspecified atom stereocenters. The van der Waals surface area contributed by atoms with E-state index in [1.165, 1.54) is 11.6 Å². The zero-order chi connectivity index (χ0) is 22.1. The molecule has 5 heteroatoms. The van der Waals surface area contributed by atoms with Crippen LogP contribution in [0.4, 0.5) is 0 Å². The summed E-state index contributed by atoms with van der Waals surface area (Å²) in [7, 11) is 1.82. The SMILES string of the molecule is CN(Cc1ccccc1CCCC/C=C/C(=O)O)C(=O)c1ccc(-c2ccco2)cc1. The molecule has 3 rings (SSSR count). The fraction of sp³-hybridized carbons (Fsp3) is 0.231. The highest BCUT2D eigenvalue weighted by atomic mass is 16.4. The molecule has 0 aliphatic carbocycles. The van der Waals surface area contributed by atoms with E-state index in [2.05, 4.69) is 12.1 Å². The molecule has 1 aromatic heterocycles. The van der Waals surface area contributed by atoms with Gasteiger partial charge in [0.25, 0.3) is 5.91 Å². The molecule has 5 nitrogen and oxygen atoms in total. The zero-order valence-electron chi connectivity index (χ0n) is 17.7. The smallest absolute Gasteiger partial charge is 0.327 e. The number of carbonyl (C=O) groups excluding carboxylic acids is 1. The first-order chi connectivity index (χ1) is 15.0. The number of hydrogen-bond donors (Lipinski definition) is 1. The number of allylic oxidation sites excluding steroid dienone is 1. The molecule has 1 amide bonds. The third kappa shape index (κ3) is 6.44. The Morgan fingerprint density at radius 2 is 1.71 bits per heavy atom. The molecule has 3 aromatic rings. The highest BCUT2D eigenvalue weighted by molar-refractivity contribution is 5.94. The van der Waals surface area contributed by atoms with E-state index in [1.807, 2.05) is 55.6 Å². The van der Waals surface area contributed by atoms with Crippen LogP contribution < -0.4 is 0 Å². The molecule has 0 saturated heterocycles. The standard InChI is InChI=1S/C26H27NO4/c1-27(26(30)22-16-14-21(15-17-22)24-12-8-18-31-24)19-23-11-7-6-10-20(23)9-4-2-3-5-13-25(28)29/h5-8,10-18H,2-4,9,19H2,1H3,(H,28,29)/b13-5+. The fourth-order valence-electron chi connectivity index (χ4n) is 3.49. The van der Waals surface area contributed by atoms with E-state index in [9.17, 15) is 9.59 Å². The Labute approximate surface area is 182 Å². The lowest BCUT2D eigenvalue weighted by molar-refractivity contribution is -0.131. The summed E-state index contributed by atoms with van der Waals surface area (Å²) in [6.45, 7) is 0.536. The molecule has 0 fully saturated rings. The van der Waals surface area contributed by atoms with Crippen LogP contribution in [0.3, 0.4) is 0 Å². The molecular weight excluding hydrogens is 390 g/mol. The second-order valence-electron chi connectivity index (χ2n) is 7.47. The van der Waals surface area contributed by atoms with Crippen LogP contribution in [0.2, 0.25) is 0 Å². The van der Waals surface area contributed by atoms with Crippen LogP contribution in [-0.2, 0) is 17.8 Å². The molecule has 0 bridgehead atoms. The van der Waals surface area contributed by atoms with Gasteiger partial charge in [-0.2, -0.15) is 0 Å². The van der Waals surface area contributed by atoms with Crippen molar-refractivity contribution >= 4 is 11.9 Å². The summed E-state index contributed by atoms with van der Waals surface area (Å²) in [6.07, 6.45) is 8.06. The van der Waals surface area contributed by atoms with Crippen LogP contribution in [-0.4, -0.2) is 28.9 Å². The molecule has 0 saturated carbocycles. The summed E-state index contributed by atoms with van der Waals surface area (Å²) in [5.41, 5.74) is 3.93. The maximum Gasteiger partial charge on any atom is 0.327 e. The fourth-order valence-corrected chi connectivity index (χ4v) is 3.49. The number of carbonyl (C=O) groups is 2. The second kappa shape index (κ2) is 11.0. The van der Waals surface area contributed by atoms with Crippen molar-refractivity contribution in [1.29, 1.82) is 0 Å². The molecule has 2 aromatic carbocycles. The number of amides is 1. The van der Waals surface area contributed by atoms with Crippen molar-refractivity contribution < 1.29 is 19.1 Å². The van der Waals surface area contributed by atoms with Gasteiger partial charge in [-0.3, -0.25) is 4.79 Å². The van der Waals surface area contributed by atoms with E-state index in [-0.39, 0.29) is 5.91 Å². The van der Waals surface area contributed by atoms with Gasteiger partial charge in [-0.25, -0.2) is 4.79 Å². The maximum atomic E-state index is 12.9. The van der Waals surface area contributed by atoms with Crippen LogP contribution in [0.5, 0.6) is 0 Å². The van der Waals surface area contributed by atoms with Gasteiger partial charge in [-0.05, 0) is 61.1 Å². The number of carboxylic acid groups (broad SMARTS) is 1. The summed E-state index contributed by atoms with van der Waals surface area (Å²) in [4.78, 5) is 25.1. The topological polar surface area (TPSA) is 70.8 Å². The van der Waals surface area contributed by atoms with Crippen LogP contribution >= 0.6 is 0 Å². The first-order valence-electron chi connectivity index (χ1n) is 10.4. The highest BCUT2D eigenvalue weighted by Crippen LogP contribution is 2.21. The van der Waals surface area contributed by atoms with E-state index in [4.69, 9.17) is 9.52 Å². The predicted octanol–water partition coefficient (Wildman–Crippen LogP) is 5.57. The first-order valence-corrected chi connectivity index (χ1v) is 10.4. The summed E-state index contributed by atoms with van der Waals surface area (Å²) >= 11 is 0. The van der Waals surface area contributed by atoms with Crippen LogP contribution in [0, 0.1) is 0 Å². The average Bonchev–Trinajstić information content (AvgIpc) is 3.31. The minimum absolute atomic E-state index is 0.0281. The molecule has 0 atom stereocenters. The zero-order valence-corrected chi connectivity index (χ0v) is 17.7. The second-order valence-corrected chi connectivity index (χ2v) is 7.47. The minimum Gasteiger partial charge on any atom is -0.478 e. The van der Waals surface area contributed by atoms with Gasteiger partial charge < -0.3 is 14.4 Å². The maximum absolute atomic E-state index is 12.9. The van der Waals surface area contributed by atoms with E-state index in [0.717, 1.165) is 42.6 Å². The Balaban J connectivity index is 1.57. The van der Waals surface area contributed by atoms with Gasteiger partial charge in [-0.1, -0.05) is 42.5 Å². The summed E-state index contributed by atoms with van der Waals surface area (Å²) in [5.74, 6) is -0.159. The van der Waals surface area contributed by atoms with Gasteiger partial charge >= 0.3 is 5.97 Å². The molecule has 160 valence electrons. The Kier molecular flexibility index (Phi) is 7.82. The number of aliphatic carboxylic acids is 1. The highest BCUT2D eigenvalue weighted by Gasteiger charge is 2.14. The molecule has 1 N–H and O–H groups in total. The van der Waals surface area contributed by atoms with Crippen LogP contribution in [0.1, 0.15) is 40.7 Å². The number of nitrogens with zero attached hydrogens (tertiary/aromatic N) is 1. The van der Waals surface area contributed by atoms with Gasteiger partial charge in [-0.15, -0.1) is 0 Å². The van der Waals surface area contributed by atoms with Crippen LogP contribution in [0.15, 0.2) is 83.5 Å². The number of hydrogen-bond acceptors (Lipinski definition) is 3. The molecular formula is C26H27NO4. The Bertz CT molecular complexity index is 1020. The van der Waals surface area contributed by atoms with Gasteiger partial charge in [0.05, 0.1) is 6.26 Å². The molecule has 0 spiro atoms. The number of rotatable bonds is 10. The van der Waals surface area contributed by atoms with Crippen molar-refractivity contribution in [2.24, 2.45) is 0 Å². The summed E-state index contributed by atoms with van der Waals surface area (Å²) in [5, 5.41) is 8.63. The molecule has 1 heterocycles. The minimum atomic E-state index is -0.909. The normalized spacial score (nSPS) is 11.0. The number of furan rings is 1. The van der Waals surface area contributed by atoms with E-state index in [1.54, 1.807) is 17.2 Å². The Hall–Kier alpha value is -3.60. The van der Waals surface area contributed by atoms with Crippen molar-refractivity contribution in [2.75, 3.05) is 7.05 Å². The number of benzene rings is 2. The van der Waals surface area contributed by atoms with Gasteiger partial charge in [0.2, 0.25) is 0 Å². The monoisotopic (exact) mass is 417 g/mol. The average molecular weight is 418 g/mol. The molecule has 0 aliphatic heterocycles. The number of aryl methyl sites for hydroxylation is 1. The molecule has 0 aliphatic rings. The Morgan fingerprint density at radius 1 is 0.968 bits per heavy atom. The van der Waals surface area contributed by atoms with Crippen molar-refractivity contribution in [3.05, 3.63) is 95.8 Å². The predicted molar refractivity (Wildman–Crippen MR) is 121 cm³/mol. The quantitative estimate of drug-likeness (QED) is 0.346. The van der Waals surface area contributed by atoms with Crippen molar-refractivity contribution in [1.82, 2.24) is 4.90 Å².